The molecule has 1 aromatic carbocycles. The van der Waals surface area contributed by atoms with Crippen LogP contribution in [-0.4, -0.2) is 43.2 Å². The van der Waals surface area contributed by atoms with Crippen LogP contribution in [0.15, 0.2) is 24.3 Å². The SMILES string of the molecule is CC(NC1CCN(S(C)(=O)=O)CC1)c1ccc(O)cc1. The molecule has 1 atom stereocenters. The van der Waals surface area contributed by atoms with Gasteiger partial charge in [-0.25, -0.2) is 12.7 Å². The summed E-state index contributed by atoms with van der Waals surface area (Å²) in [6.45, 7) is 3.24. The van der Waals surface area contributed by atoms with Crippen LogP contribution in [0.25, 0.3) is 0 Å². The van der Waals surface area contributed by atoms with Gasteiger partial charge in [0.25, 0.3) is 0 Å². The summed E-state index contributed by atoms with van der Waals surface area (Å²) in [7, 11) is -3.06. The van der Waals surface area contributed by atoms with Gasteiger partial charge in [-0.05, 0) is 37.5 Å². The topological polar surface area (TPSA) is 69.6 Å². The molecule has 0 radical (unpaired) electrons. The molecule has 0 spiro atoms. The summed E-state index contributed by atoms with van der Waals surface area (Å²) < 4.78 is 24.4. The molecule has 1 aliphatic rings. The molecular weight excluding hydrogens is 276 g/mol. The number of nitrogens with one attached hydrogen (secondary N) is 1. The average molecular weight is 298 g/mol. The van der Waals surface area contributed by atoms with Crippen LogP contribution in [-0.2, 0) is 10.0 Å². The molecule has 1 unspecified atom stereocenters. The molecule has 2 N–H and O–H groups in total. The van der Waals surface area contributed by atoms with Gasteiger partial charge in [0.1, 0.15) is 5.75 Å². The molecule has 112 valence electrons. The Hall–Kier alpha value is -1.11. The van der Waals surface area contributed by atoms with Crippen molar-refractivity contribution >= 4 is 10.0 Å². The van der Waals surface area contributed by atoms with E-state index in [-0.39, 0.29) is 11.8 Å². The molecule has 2 rings (SSSR count). The minimum atomic E-state index is -3.06. The molecular formula is C14H22N2O3S. The smallest absolute Gasteiger partial charge is 0.211 e. The third-order valence-electron chi connectivity index (χ3n) is 3.80. The third kappa shape index (κ3) is 3.94. The molecule has 0 aromatic heterocycles. The quantitative estimate of drug-likeness (QED) is 0.883. The van der Waals surface area contributed by atoms with Gasteiger partial charge in [0.2, 0.25) is 10.0 Å². The van der Waals surface area contributed by atoms with E-state index in [2.05, 4.69) is 12.2 Å². The second-order valence-corrected chi connectivity index (χ2v) is 7.40. The van der Waals surface area contributed by atoms with Crippen molar-refractivity contribution in [3.05, 3.63) is 29.8 Å². The van der Waals surface area contributed by atoms with Crippen molar-refractivity contribution in [1.82, 2.24) is 9.62 Å². The molecule has 6 heteroatoms. The number of nitrogens with zero attached hydrogens (tertiary/aromatic N) is 1. The van der Waals surface area contributed by atoms with E-state index in [0.29, 0.717) is 19.1 Å². The molecule has 1 aromatic rings. The maximum Gasteiger partial charge on any atom is 0.211 e. The van der Waals surface area contributed by atoms with Crippen LogP contribution in [0.3, 0.4) is 0 Å². The lowest BCUT2D eigenvalue weighted by molar-refractivity contribution is 0.278. The van der Waals surface area contributed by atoms with E-state index >= 15 is 0 Å². The van der Waals surface area contributed by atoms with Crippen molar-refractivity contribution in [2.75, 3.05) is 19.3 Å². The van der Waals surface area contributed by atoms with Gasteiger partial charge in [-0.3, -0.25) is 0 Å². The normalized spacial score (nSPS) is 19.9. The van der Waals surface area contributed by atoms with Crippen LogP contribution in [0.4, 0.5) is 0 Å². The first kappa shape index (κ1) is 15.3. The fourth-order valence-electron chi connectivity index (χ4n) is 2.57. The van der Waals surface area contributed by atoms with Crippen LogP contribution in [0.5, 0.6) is 5.75 Å². The van der Waals surface area contributed by atoms with Crippen molar-refractivity contribution in [2.24, 2.45) is 0 Å². The monoisotopic (exact) mass is 298 g/mol. The van der Waals surface area contributed by atoms with E-state index in [0.717, 1.165) is 18.4 Å². The Kier molecular flexibility index (Phi) is 4.67. The zero-order valence-corrected chi connectivity index (χ0v) is 12.7. The molecule has 20 heavy (non-hydrogen) atoms. The highest BCUT2D eigenvalue weighted by Gasteiger charge is 2.25. The van der Waals surface area contributed by atoms with E-state index in [1.807, 2.05) is 12.1 Å². The Labute approximate surface area is 120 Å². The highest BCUT2D eigenvalue weighted by atomic mass is 32.2. The Morgan fingerprint density at radius 2 is 1.80 bits per heavy atom. The molecule has 1 aliphatic heterocycles. The number of sulfonamides is 1. The van der Waals surface area contributed by atoms with Gasteiger partial charge < -0.3 is 10.4 Å². The Balaban J connectivity index is 1.88. The Morgan fingerprint density at radius 1 is 1.25 bits per heavy atom. The van der Waals surface area contributed by atoms with E-state index in [9.17, 15) is 13.5 Å². The van der Waals surface area contributed by atoms with Gasteiger partial charge in [0, 0.05) is 25.2 Å². The first-order valence-corrected chi connectivity index (χ1v) is 8.71. The van der Waals surface area contributed by atoms with E-state index in [1.165, 1.54) is 10.6 Å². The fourth-order valence-corrected chi connectivity index (χ4v) is 3.44. The van der Waals surface area contributed by atoms with E-state index < -0.39 is 10.0 Å². The zero-order chi connectivity index (χ0) is 14.8. The molecule has 1 heterocycles. The second-order valence-electron chi connectivity index (χ2n) is 5.42. The lowest BCUT2D eigenvalue weighted by Gasteiger charge is -2.32. The Morgan fingerprint density at radius 3 is 2.30 bits per heavy atom. The van der Waals surface area contributed by atoms with Crippen LogP contribution in [0.2, 0.25) is 0 Å². The summed E-state index contributed by atoms with van der Waals surface area (Å²) in [5.74, 6) is 0.266. The van der Waals surface area contributed by atoms with Gasteiger partial charge >= 0.3 is 0 Å². The van der Waals surface area contributed by atoms with Crippen molar-refractivity contribution in [1.29, 1.82) is 0 Å². The van der Waals surface area contributed by atoms with Crippen LogP contribution in [0.1, 0.15) is 31.4 Å². The van der Waals surface area contributed by atoms with Gasteiger partial charge in [-0.2, -0.15) is 0 Å². The van der Waals surface area contributed by atoms with Crippen molar-refractivity contribution < 1.29 is 13.5 Å². The number of aromatic hydroxyl groups is 1. The predicted octanol–water partition coefficient (Wildman–Crippen LogP) is 1.47. The summed E-state index contributed by atoms with van der Waals surface area (Å²) in [4.78, 5) is 0. The minimum Gasteiger partial charge on any atom is -0.508 e. The van der Waals surface area contributed by atoms with Gasteiger partial charge in [0.05, 0.1) is 6.26 Å². The molecule has 0 amide bonds. The Bertz CT molecular complexity index is 534. The lowest BCUT2D eigenvalue weighted by atomic mass is 10.0. The minimum absolute atomic E-state index is 0.186. The van der Waals surface area contributed by atoms with Gasteiger partial charge in [-0.1, -0.05) is 12.1 Å². The van der Waals surface area contributed by atoms with Crippen molar-refractivity contribution in [3.8, 4) is 5.75 Å². The molecule has 1 saturated heterocycles. The zero-order valence-electron chi connectivity index (χ0n) is 11.9. The third-order valence-corrected chi connectivity index (χ3v) is 5.10. The van der Waals surface area contributed by atoms with Crippen molar-refractivity contribution in [2.45, 2.75) is 31.8 Å². The molecule has 1 fully saturated rings. The summed E-state index contributed by atoms with van der Waals surface area (Å²) >= 11 is 0. The van der Waals surface area contributed by atoms with Crippen LogP contribution < -0.4 is 5.32 Å². The number of piperidine rings is 1. The number of benzene rings is 1. The molecule has 0 saturated carbocycles. The first-order chi connectivity index (χ1) is 9.36. The highest BCUT2D eigenvalue weighted by molar-refractivity contribution is 7.88. The van der Waals surface area contributed by atoms with Crippen molar-refractivity contribution in [3.63, 3.8) is 0 Å². The number of rotatable bonds is 4. The molecule has 0 aliphatic carbocycles. The molecule has 0 bridgehead atoms. The summed E-state index contributed by atoms with van der Waals surface area (Å²) in [5, 5.41) is 12.8. The number of hydrogen-bond acceptors (Lipinski definition) is 4. The second kappa shape index (κ2) is 6.11. The largest absolute Gasteiger partial charge is 0.508 e. The number of hydrogen-bond donors (Lipinski definition) is 2. The standard InChI is InChI=1S/C14H22N2O3S/c1-11(12-3-5-14(17)6-4-12)15-13-7-9-16(10-8-13)20(2,18)19/h3-6,11,13,15,17H,7-10H2,1-2H3. The van der Waals surface area contributed by atoms with Crippen LogP contribution in [0, 0.1) is 0 Å². The number of phenols is 1. The summed E-state index contributed by atoms with van der Waals surface area (Å²) in [5.41, 5.74) is 1.12. The average Bonchev–Trinajstić information content (AvgIpc) is 2.39. The summed E-state index contributed by atoms with van der Waals surface area (Å²) in [6, 6.07) is 7.68. The fraction of sp³-hybridized carbons (Fsp3) is 0.571. The van der Waals surface area contributed by atoms with E-state index in [1.54, 1.807) is 12.1 Å². The maximum absolute atomic E-state index is 11.5. The summed E-state index contributed by atoms with van der Waals surface area (Å²) in [6.07, 6.45) is 2.92. The van der Waals surface area contributed by atoms with Gasteiger partial charge in [-0.15, -0.1) is 0 Å². The first-order valence-electron chi connectivity index (χ1n) is 6.86. The lowest BCUT2D eigenvalue weighted by Crippen LogP contribution is -2.45. The predicted molar refractivity (Wildman–Crippen MR) is 79.1 cm³/mol. The maximum atomic E-state index is 11.5. The number of phenolic OH excluding ortho intramolecular Hbond substituents is 1. The molecule has 5 nitrogen and oxygen atoms in total. The van der Waals surface area contributed by atoms with Gasteiger partial charge in [0.15, 0.2) is 0 Å². The van der Waals surface area contributed by atoms with Crippen LogP contribution >= 0.6 is 0 Å². The van der Waals surface area contributed by atoms with E-state index in [4.69, 9.17) is 0 Å². The highest BCUT2D eigenvalue weighted by Crippen LogP contribution is 2.20.